The molecule has 0 aliphatic carbocycles. The number of benzene rings is 1. The molecule has 0 spiro atoms. The Bertz CT molecular complexity index is 381. The van der Waals surface area contributed by atoms with Crippen molar-refractivity contribution in [2.75, 3.05) is 20.1 Å². The lowest BCUT2D eigenvalue weighted by Crippen LogP contribution is -2.40. The molecule has 0 atom stereocenters. The van der Waals surface area contributed by atoms with Crippen LogP contribution in [-0.4, -0.2) is 31.1 Å². The normalized spacial score (nSPS) is 17.5. The second kappa shape index (κ2) is 7.43. The predicted molar refractivity (Wildman–Crippen MR) is 78.7 cm³/mol. The molecule has 0 bridgehead atoms. The first kappa shape index (κ1) is 15.9. The van der Waals surface area contributed by atoms with Crippen molar-refractivity contribution < 1.29 is 4.39 Å². The van der Waals surface area contributed by atoms with Gasteiger partial charge in [-0.25, -0.2) is 4.39 Å². The van der Waals surface area contributed by atoms with Crippen molar-refractivity contribution in [1.29, 1.82) is 0 Å². The minimum Gasteiger partial charge on any atom is -0.317 e. The Labute approximate surface area is 122 Å². The third kappa shape index (κ3) is 4.19. The standard InChI is InChI=1S/C13H18BrFN2.ClH/c1-16-11-4-6-17(7-5-11)9-10-2-3-13(15)12(14)8-10;/h2-3,8,11,16H,4-7,9H2,1H3;1H. The minimum atomic E-state index is -0.192. The van der Waals surface area contributed by atoms with Crippen molar-refractivity contribution in [3.63, 3.8) is 0 Å². The Morgan fingerprint density at radius 2 is 2.06 bits per heavy atom. The highest BCUT2D eigenvalue weighted by Gasteiger charge is 2.17. The molecule has 1 saturated heterocycles. The average Bonchev–Trinajstić information content (AvgIpc) is 2.35. The van der Waals surface area contributed by atoms with Crippen LogP contribution in [0.4, 0.5) is 4.39 Å². The zero-order valence-corrected chi connectivity index (χ0v) is 12.9. The minimum absolute atomic E-state index is 0. The zero-order valence-electron chi connectivity index (χ0n) is 10.5. The predicted octanol–water partition coefficient (Wildman–Crippen LogP) is 3.19. The van der Waals surface area contributed by atoms with Crippen LogP contribution >= 0.6 is 28.3 Å². The molecule has 5 heteroatoms. The SMILES string of the molecule is CNC1CCN(Cc2ccc(F)c(Br)c2)CC1.Cl. The third-order valence-electron chi connectivity index (χ3n) is 3.39. The molecule has 18 heavy (non-hydrogen) atoms. The summed E-state index contributed by atoms with van der Waals surface area (Å²) in [5.74, 6) is -0.192. The molecule has 0 amide bonds. The Morgan fingerprint density at radius 3 is 2.61 bits per heavy atom. The molecule has 0 aromatic heterocycles. The lowest BCUT2D eigenvalue weighted by Gasteiger charge is -2.31. The van der Waals surface area contributed by atoms with Crippen LogP contribution < -0.4 is 5.32 Å². The summed E-state index contributed by atoms with van der Waals surface area (Å²) in [6.45, 7) is 3.14. The van der Waals surface area contributed by atoms with Gasteiger partial charge in [-0.1, -0.05) is 6.07 Å². The van der Waals surface area contributed by atoms with Crippen molar-refractivity contribution in [2.45, 2.75) is 25.4 Å². The molecular weight excluding hydrogens is 319 g/mol. The topological polar surface area (TPSA) is 15.3 Å². The number of halogens is 3. The molecule has 1 fully saturated rings. The number of hydrogen-bond donors (Lipinski definition) is 1. The van der Waals surface area contributed by atoms with Crippen LogP contribution in [0, 0.1) is 5.82 Å². The fraction of sp³-hybridized carbons (Fsp3) is 0.538. The van der Waals surface area contributed by atoms with Crippen LogP contribution in [0.1, 0.15) is 18.4 Å². The van der Waals surface area contributed by atoms with E-state index in [0.717, 1.165) is 19.6 Å². The number of likely N-dealkylation sites (tertiary alicyclic amines) is 1. The van der Waals surface area contributed by atoms with E-state index in [-0.39, 0.29) is 18.2 Å². The van der Waals surface area contributed by atoms with E-state index in [1.165, 1.54) is 24.5 Å². The van der Waals surface area contributed by atoms with E-state index in [0.29, 0.717) is 10.5 Å². The Morgan fingerprint density at radius 1 is 1.39 bits per heavy atom. The van der Waals surface area contributed by atoms with E-state index in [1.807, 2.05) is 19.2 Å². The summed E-state index contributed by atoms with van der Waals surface area (Å²) in [6.07, 6.45) is 2.39. The first-order valence-corrected chi connectivity index (χ1v) is 6.82. The summed E-state index contributed by atoms with van der Waals surface area (Å²) >= 11 is 3.23. The Balaban J connectivity index is 0.00000162. The van der Waals surface area contributed by atoms with Crippen molar-refractivity contribution >= 4 is 28.3 Å². The maximum atomic E-state index is 13.1. The number of rotatable bonds is 3. The van der Waals surface area contributed by atoms with E-state index in [9.17, 15) is 4.39 Å². The third-order valence-corrected chi connectivity index (χ3v) is 3.99. The van der Waals surface area contributed by atoms with Crippen molar-refractivity contribution in [3.05, 3.63) is 34.1 Å². The smallest absolute Gasteiger partial charge is 0.137 e. The summed E-state index contributed by atoms with van der Waals surface area (Å²) in [5.41, 5.74) is 1.17. The summed E-state index contributed by atoms with van der Waals surface area (Å²) in [5, 5.41) is 3.32. The number of hydrogen-bond acceptors (Lipinski definition) is 2. The molecule has 2 nitrogen and oxygen atoms in total. The Kier molecular flexibility index (Phi) is 6.57. The maximum absolute atomic E-state index is 13.1. The van der Waals surface area contributed by atoms with Gasteiger partial charge in [0, 0.05) is 12.6 Å². The first-order valence-electron chi connectivity index (χ1n) is 6.02. The van der Waals surface area contributed by atoms with Gasteiger partial charge < -0.3 is 5.32 Å². The highest BCUT2D eigenvalue weighted by molar-refractivity contribution is 9.10. The zero-order chi connectivity index (χ0) is 12.3. The second-order valence-electron chi connectivity index (χ2n) is 4.59. The molecule has 1 aliphatic heterocycles. The molecule has 2 rings (SSSR count). The van der Waals surface area contributed by atoms with Crippen LogP contribution in [-0.2, 0) is 6.54 Å². The largest absolute Gasteiger partial charge is 0.317 e. The van der Waals surface area contributed by atoms with Crippen LogP contribution in [0.5, 0.6) is 0 Å². The van der Waals surface area contributed by atoms with Gasteiger partial charge in [0.15, 0.2) is 0 Å². The van der Waals surface area contributed by atoms with Crippen molar-refractivity contribution in [2.24, 2.45) is 0 Å². The average molecular weight is 338 g/mol. The number of nitrogens with zero attached hydrogens (tertiary/aromatic N) is 1. The number of piperidine rings is 1. The van der Waals surface area contributed by atoms with Gasteiger partial charge in [-0.05, 0) is 66.6 Å². The highest BCUT2D eigenvalue weighted by atomic mass is 79.9. The van der Waals surface area contributed by atoms with E-state index in [2.05, 4.69) is 26.1 Å². The molecule has 1 N–H and O–H groups in total. The highest BCUT2D eigenvalue weighted by Crippen LogP contribution is 2.19. The maximum Gasteiger partial charge on any atom is 0.137 e. The fourth-order valence-corrected chi connectivity index (χ4v) is 2.70. The lowest BCUT2D eigenvalue weighted by molar-refractivity contribution is 0.194. The van der Waals surface area contributed by atoms with Gasteiger partial charge in [-0.3, -0.25) is 4.90 Å². The fourth-order valence-electron chi connectivity index (χ4n) is 2.28. The second-order valence-corrected chi connectivity index (χ2v) is 5.44. The summed E-state index contributed by atoms with van der Waals surface area (Å²) in [6, 6.07) is 5.93. The van der Waals surface area contributed by atoms with Crippen LogP contribution in [0.3, 0.4) is 0 Å². The van der Waals surface area contributed by atoms with E-state index in [1.54, 1.807) is 0 Å². The molecule has 0 unspecified atom stereocenters. The molecule has 0 radical (unpaired) electrons. The lowest BCUT2D eigenvalue weighted by atomic mass is 10.0. The van der Waals surface area contributed by atoms with Gasteiger partial charge in [-0.2, -0.15) is 0 Å². The van der Waals surface area contributed by atoms with E-state index in [4.69, 9.17) is 0 Å². The number of nitrogens with one attached hydrogen (secondary N) is 1. The first-order chi connectivity index (χ1) is 8.19. The van der Waals surface area contributed by atoms with Gasteiger partial charge in [0.2, 0.25) is 0 Å². The van der Waals surface area contributed by atoms with Gasteiger partial charge >= 0.3 is 0 Å². The molecule has 102 valence electrons. The Hall–Kier alpha value is -0.160. The van der Waals surface area contributed by atoms with E-state index >= 15 is 0 Å². The quantitative estimate of drug-likeness (QED) is 0.911. The van der Waals surface area contributed by atoms with Crippen LogP contribution in [0.2, 0.25) is 0 Å². The summed E-state index contributed by atoms with van der Waals surface area (Å²) in [4.78, 5) is 2.42. The van der Waals surface area contributed by atoms with Crippen LogP contribution in [0.15, 0.2) is 22.7 Å². The monoisotopic (exact) mass is 336 g/mol. The van der Waals surface area contributed by atoms with E-state index < -0.39 is 0 Å². The summed E-state index contributed by atoms with van der Waals surface area (Å²) in [7, 11) is 2.03. The molecule has 1 aromatic carbocycles. The van der Waals surface area contributed by atoms with Gasteiger partial charge in [0.05, 0.1) is 4.47 Å². The summed E-state index contributed by atoms with van der Waals surface area (Å²) < 4.78 is 13.7. The molecule has 1 heterocycles. The van der Waals surface area contributed by atoms with Gasteiger partial charge in [0.25, 0.3) is 0 Å². The van der Waals surface area contributed by atoms with Crippen LogP contribution in [0.25, 0.3) is 0 Å². The van der Waals surface area contributed by atoms with Crippen molar-refractivity contribution in [1.82, 2.24) is 10.2 Å². The van der Waals surface area contributed by atoms with Gasteiger partial charge in [-0.15, -0.1) is 12.4 Å². The van der Waals surface area contributed by atoms with Gasteiger partial charge in [0.1, 0.15) is 5.82 Å². The molecule has 1 aliphatic rings. The molecular formula is C13H19BrClFN2. The molecule has 0 saturated carbocycles. The van der Waals surface area contributed by atoms with Crippen molar-refractivity contribution in [3.8, 4) is 0 Å². The molecule has 1 aromatic rings.